The fourth-order valence-corrected chi connectivity index (χ4v) is 3.65. The van der Waals surface area contributed by atoms with Crippen molar-refractivity contribution in [2.75, 3.05) is 6.54 Å². The number of nitrogens with zero attached hydrogens (tertiary/aromatic N) is 4. The first kappa shape index (κ1) is 18.9. The summed E-state index contributed by atoms with van der Waals surface area (Å²) < 4.78 is 17.0. The molecule has 0 saturated heterocycles. The van der Waals surface area contributed by atoms with Gasteiger partial charge in [0.1, 0.15) is 11.6 Å². The number of amides is 1. The van der Waals surface area contributed by atoms with E-state index in [1.165, 1.54) is 12.1 Å². The second-order valence-electron chi connectivity index (χ2n) is 6.99. The van der Waals surface area contributed by atoms with Crippen molar-refractivity contribution in [1.29, 1.82) is 0 Å². The highest BCUT2D eigenvalue weighted by molar-refractivity contribution is 5.96. The van der Waals surface area contributed by atoms with Crippen molar-refractivity contribution < 1.29 is 9.18 Å². The molecule has 0 aliphatic carbocycles. The van der Waals surface area contributed by atoms with Crippen molar-refractivity contribution in [1.82, 2.24) is 24.6 Å². The molecule has 148 valence electrons. The lowest BCUT2D eigenvalue weighted by atomic mass is 10.2. The fourth-order valence-electron chi connectivity index (χ4n) is 3.65. The van der Waals surface area contributed by atoms with Gasteiger partial charge in [0.15, 0.2) is 0 Å². The van der Waals surface area contributed by atoms with Crippen molar-refractivity contribution in [2.24, 2.45) is 0 Å². The molecule has 0 radical (unpaired) electrons. The van der Waals surface area contributed by atoms with Crippen molar-refractivity contribution in [3.8, 4) is 5.69 Å². The lowest BCUT2D eigenvalue weighted by Gasteiger charge is -2.09. The molecule has 4 aromatic rings. The van der Waals surface area contributed by atoms with Crippen LogP contribution < -0.4 is 5.32 Å². The Labute approximate surface area is 168 Å². The van der Waals surface area contributed by atoms with E-state index in [1.54, 1.807) is 23.7 Å². The van der Waals surface area contributed by atoms with E-state index in [2.05, 4.69) is 20.0 Å². The molecule has 0 spiro atoms. The first-order chi connectivity index (χ1) is 14.0. The topological polar surface area (TPSA) is 64.7 Å². The van der Waals surface area contributed by atoms with Crippen molar-refractivity contribution in [3.05, 3.63) is 77.1 Å². The first-order valence-electron chi connectivity index (χ1n) is 9.48. The number of carbonyl (C=O) groups excluding carboxylic acids is 1. The summed E-state index contributed by atoms with van der Waals surface area (Å²) in [6, 6.07) is 14.0. The highest BCUT2D eigenvalue weighted by atomic mass is 19.1. The first-order valence-corrected chi connectivity index (χ1v) is 9.48. The third kappa shape index (κ3) is 3.51. The van der Waals surface area contributed by atoms with Gasteiger partial charge in [0.2, 0.25) is 0 Å². The number of hydrogen-bond donors (Lipinski definition) is 1. The minimum atomic E-state index is -0.310. The Bertz CT molecular complexity index is 1190. The largest absolute Gasteiger partial charge is 0.350 e. The Morgan fingerprint density at radius 2 is 1.79 bits per heavy atom. The Morgan fingerprint density at radius 3 is 2.55 bits per heavy atom. The number of imidazole rings is 1. The predicted octanol–water partition coefficient (Wildman–Crippen LogP) is 3.72. The Kier molecular flexibility index (Phi) is 4.88. The molecule has 0 bridgehead atoms. The van der Waals surface area contributed by atoms with Gasteiger partial charge in [-0.2, -0.15) is 5.10 Å². The van der Waals surface area contributed by atoms with E-state index >= 15 is 0 Å². The molecule has 0 aliphatic heterocycles. The van der Waals surface area contributed by atoms with E-state index in [4.69, 9.17) is 0 Å². The average Bonchev–Trinajstić information content (AvgIpc) is 3.18. The summed E-state index contributed by atoms with van der Waals surface area (Å²) >= 11 is 0. The maximum atomic E-state index is 13.2. The lowest BCUT2D eigenvalue weighted by Crippen LogP contribution is -2.28. The van der Waals surface area contributed by atoms with Crippen LogP contribution in [0.25, 0.3) is 16.7 Å². The van der Waals surface area contributed by atoms with Crippen LogP contribution in [0, 0.1) is 26.6 Å². The molecular weight excluding hydrogens is 369 g/mol. The highest BCUT2D eigenvalue weighted by Crippen LogP contribution is 2.19. The van der Waals surface area contributed by atoms with Gasteiger partial charge in [-0.1, -0.05) is 12.1 Å². The number of hydrogen-bond acceptors (Lipinski definition) is 3. The maximum Gasteiger partial charge on any atom is 0.255 e. The fraction of sp³-hybridized carbons (Fsp3) is 0.227. The molecule has 2 aromatic heterocycles. The minimum absolute atomic E-state index is 0.171. The second kappa shape index (κ2) is 7.50. The van der Waals surface area contributed by atoms with E-state index in [9.17, 15) is 9.18 Å². The van der Waals surface area contributed by atoms with Gasteiger partial charge >= 0.3 is 0 Å². The molecule has 6 nitrogen and oxygen atoms in total. The molecule has 29 heavy (non-hydrogen) atoms. The van der Waals surface area contributed by atoms with Gasteiger partial charge in [-0.15, -0.1) is 0 Å². The van der Waals surface area contributed by atoms with Gasteiger partial charge in [0.05, 0.1) is 33.7 Å². The van der Waals surface area contributed by atoms with E-state index in [0.717, 1.165) is 22.6 Å². The number of nitrogens with one attached hydrogen (secondary N) is 1. The summed E-state index contributed by atoms with van der Waals surface area (Å²) in [7, 11) is 0. The standard InChI is InChI=1S/C22H22FN5O/c1-14-21(15(2)28(26-14)18-10-8-17(23)9-11-18)22(29)24-12-13-27-16(3)25-19-6-4-5-7-20(19)27/h4-11H,12-13H2,1-3H3,(H,24,29). The zero-order valence-corrected chi connectivity index (χ0v) is 16.6. The van der Waals surface area contributed by atoms with E-state index in [1.807, 2.05) is 38.1 Å². The van der Waals surface area contributed by atoms with Gasteiger partial charge in [0.25, 0.3) is 5.91 Å². The van der Waals surface area contributed by atoms with Gasteiger partial charge in [-0.25, -0.2) is 14.1 Å². The SMILES string of the molecule is Cc1nn(-c2ccc(F)cc2)c(C)c1C(=O)NCCn1c(C)nc2ccccc21. The molecule has 7 heteroatoms. The third-order valence-electron chi connectivity index (χ3n) is 5.06. The van der Waals surface area contributed by atoms with Crippen LogP contribution in [-0.4, -0.2) is 31.8 Å². The molecule has 1 N–H and O–H groups in total. The number of para-hydroxylation sites is 2. The van der Waals surface area contributed by atoms with E-state index in [0.29, 0.717) is 30.0 Å². The zero-order chi connectivity index (χ0) is 20.5. The summed E-state index contributed by atoms with van der Waals surface area (Å²) in [5.41, 5.74) is 4.61. The van der Waals surface area contributed by atoms with E-state index in [-0.39, 0.29) is 11.7 Å². The van der Waals surface area contributed by atoms with Crippen molar-refractivity contribution in [3.63, 3.8) is 0 Å². The van der Waals surface area contributed by atoms with Crippen LogP contribution in [-0.2, 0) is 6.54 Å². The quantitative estimate of drug-likeness (QED) is 0.564. The lowest BCUT2D eigenvalue weighted by molar-refractivity contribution is 0.0951. The molecule has 2 heterocycles. The molecular formula is C22H22FN5O. The Morgan fingerprint density at radius 1 is 1.07 bits per heavy atom. The predicted molar refractivity (Wildman–Crippen MR) is 110 cm³/mol. The number of aromatic nitrogens is 4. The van der Waals surface area contributed by atoms with Crippen molar-refractivity contribution >= 4 is 16.9 Å². The number of fused-ring (bicyclic) bond motifs is 1. The summed E-state index contributed by atoms with van der Waals surface area (Å²) in [5.74, 6) is 0.433. The van der Waals surface area contributed by atoms with Gasteiger partial charge in [0, 0.05) is 13.1 Å². The monoisotopic (exact) mass is 391 g/mol. The number of aryl methyl sites for hydroxylation is 2. The normalized spacial score (nSPS) is 11.2. The van der Waals surface area contributed by atoms with Gasteiger partial charge in [-0.05, 0) is 57.2 Å². The van der Waals surface area contributed by atoms with Gasteiger partial charge in [-0.3, -0.25) is 4.79 Å². The number of halogens is 1. The van der Waals surface area contributed by atoms with Crippen LogP contribution >= 0.6 is 0 Å². The third-order valence-corrected chi connectivity index (χ3v) is 5.06. The zero-order valence-electron chi connectivity index (χ0n) is 16.6. The van der Waals surface area contributed by atoms with Crippen LogP contribution in [0.1, 0.15) is 27.6 Å². The number of rotatable bonds is 5. The summed E-state index contributed by atoms with van der Waals surface area (Å²) in [4.78, 5) is 17.4. The van der Waals surface area contributed by atoms with Crippen molar-refractivity contribution in [2.45, 2.75) is 27.3 Å². The summed E-state index contributed by atoms with van der Waals surface area (Å²) in [5, 5.41) is 7.45. The Balaban J connectivity index is 1.50. The van der Waals surface area contributed by atoms with Crippen LogP contribution in [0.2, 0.25) is 0 Å². The van der Waals surface area contributed by atoms with Crippen LogP contribution in [0.4, 0.5) is 4.39 Å². The molecule has 0 fully saturated rings. The summed E-state index contributed by atoms with van der Waals surface area (Å²) in [6.45, 7) is 6.70. The van der Waals surface area contributed by atoms with Gasteiger partial charge < -0.3 is 9.88 Å². The highest BCUT2D eigenvalue weighted by Gasteiger charge is 2.19. The van der Waals surface area contributed by atoms with Crippen LogP contribution in [0.15, 0.2) is 48.5 Å². The molecule has 0 atom stereocenters. The molecule has 0 aliphatic rings. The second-order valence-corrected chi connectivity index (χ2v) is 6.99. The minimum Gasteiger partial charge on any atom is -0.350 e. The smallest absolute Gasteiger partial charge is 0.255 e. The molecule has 4 rings (SSSR count). The van der Waals surface area contributed by atoms with Crippen LogP contribution in [0.5, 0.6) is 0 Å². The molecule has 2 aromatic carbocycles. The molecule has 0 unspecified atom stereocenters. The van der Waals surface area contributed by atoms with Crippen LogP contribution in [0.3, 0.4) is 0 Å². The maximum absolute atomic E-state index is 13.2. The number of carbonyl (C=O) groups is 1. The summed E-state index contributed by atoms with van der Waals surface area (Å²) in [6.07, 6.45) is 0. The molecule has 0 saturated carbocycles. The molecule has 1 amide bonds. The average molecular weight is 391 g/mol. The number of benzene rings is 2. The van der Waals surface area contributed by atoms with E-state index < -0.39 is 0 Å². The Hall–Kier alpha value is -3.48.